The molecule has 0 amide bonds. The van der Waals surface area contributed by atoms with E-state index in [4.69, 9.17) is 8.83 Å². The molecule has 86 heavy (non-hydrogen) atoms. The van der Waals surface area contributed by atoms with Crippen LogP contribution < -0.4 is 9.80 Å². The lowest BCUT2D eigenvalue weighted by atomic mass is 9.84. The molecule has 17 rings (SSSR count). The highest BCUT2D eigenvalue weighted by Crippen LogP contribution is 2.51. The molecule has 0 saturated carbocycles. The van der Waals surface area contributed by atoms with Crippen molar-refractivity contribution >= 4 is 121 Å². The Morgan fingerprint density at radius 3 is 0.930 bits per heavy atom. The summed E-state index contributed by atoms with van der Waals surface area (Å²) in [5.41, 5.74) is 18.8. The number of anilines is 6. The number of furan rings is 2. The quantitative estimate of drug-likeness (QED) is 0.128. The van der Waals surface area contributed by atoms with E-state index in [9.17, 15) is 0 Å². The van der Waals surface area contributed by atoms with Crippen molar-refractivity contribution in [2.45, 2.75) is 0 Å². The van der Waals surface area contributed by atoms with Crippen LogP contribution in [0.5, 0.6) is 0 Å². The number of fused-ring (bicyclic) bond motifs is 10. The van der Waals surface area contributed by atoms with E-state index in [2.05, 4.69) is 313 Å². The first-order chi connectivity index (χ1) is 42.6. The molecular weight excluding hydrogens is 1040 g/mol. The van der Waals surface area contributed by atoms with Gasteiger partial charge in [0.1, 0.15) is 22.3 Å². The second kappa shape index (κ2) is 20.2. The fourth-order valence-corrected chi connectivity index (χ4v) is 13.4. The minimum Gasteiger partial charge on any atom is -0.456 e. The average Bonchev–Trinajstić information content (AvgIpc) is 1.09. The Labute approximate surface area is 496 Å². The van der Waals surface area contributed by atoms with Crippen molar-refractivity contribution in [2.24, 2.45) is 0 Å². The van der Waals surface area contributed by atoms with E-state index in [1.807, 2.05) is 12.1 Å². The van der Waals surface area contributed by atoms with Gasteiger partial charge in [0.15, 0.2) is 0 Å². The smallest absolute Gasteiger partial charge is 0.137 e. The lowest BCUT2D eigenvalue weighted by Crippen LogP contribution is -2.11. The van der Waals surface area contributed by atoms with E-state index >= 15 is 0 Å². The van der Waals surface area contributed by atoms with E-state index in [1.54, 1.807) is 0 Å². The van der Waals surface area contributed by atoms with Crippen molar-refractivity contribution in [3.8, 4) is 44.5 Å². The lowest BCUT2D eigenvalue weighted by molar-refractivity contribution is 0.668. The summed E-state index contributed by atoms with van der Waals surface area (Å²) in [6.07, 6.45) is 0. The van der Waals surface area contributed by atoms with E-state index < -0.39 is 0 Å². The Balaban J connectivity index is 0.959. The molecule has 0 spiro atoms. The maximum Gasteiger partial charge on any atom is 0.137 e. The molecule has 0 radical (unpaired) electrons. The molecule has 15 aromatic carbocycles. The maximum absolute atomic E-state index is 6.64. The van der Waals surface area contributed by atoms with Crippen LogP contribution in [-0.2, 0) is 0 Å². The van der Waals surface area contributed by atoms with Crippen molar-refractivity contribution in [3.05, 3.63) is 315 Å². The van der Waals surface area contributed by atoms with Gasteiger partial charge in [-0.2, -0.15) is 0 Å². The Morgan fingerprint density at radius 1 is 0.186 bits per heavy atom. The molecule has 0 fully saturated rings. The zero-order valence-electron chi connectivity index (χ0n) is 46.7. The summed E-state index contributed by atoms with van der Waals surface area (Å²) >= 11 is 0. The lowest BCUT2D eigenvalue weighted by Gasteiger charge is -2.29. The largest absolute Gasteiger partial charge is 0.456 e. The van der Waals surface area contributed by atoms with Crippen LogP contribution in [0.1, 0.15) is 0 Å². The van der Waals surface area contributed by atoms with Crippen molar-refractivity contribution in [1.82, 2.24) is 0 Å². The minimum absolute atomic E-state index is 0.840. The monoisotopic (exact) mass is 1100 g/mol. The molecule has 2 aromatic heterocycles. The molecule has 0 N–H and O–H groups in total. The summed E-state index contributed by atoms with van der Waals surface area (Å²) in [5.74, 6) is 0. The zero-order chi connectivity index (χ0) is 56.7. The number of nitrogens with zero attached hydrogens (tertiary/aromatic N) is 2. The standard InChI is InChI=1S/C82H52N2O2/c1-3-17-53(18-4-1)55-33-37-59(38-34-55)81-71-47-43-62(84(76-30-16-24-58-22-8-10-26-66(58)76)64-42-46-70-68-28-12-14-32-78(68)86-80(70)52-64)50-74(71)82(60-39-35-56(36-40-60)54-19-5-2-6-20-54)72-48-44-61(49-73(72)81)83(75-29-15-23-57-21-7-9-25-65(57)75)63-41-45-69-67-27-11-13-31-77(67)85-79(69)51-63/h1-52H. The van der Waals surface area contributed by atoms with Gasteiger partial charge < -0.3 is 18.6 Å². The van der Waals surface area contributed by atoms with Gasteiger partial charge in [0.25, 0.3) is 0 Å². The highest BCUT2D eigenvalue weighted by molar-refractivity contribution is 6.23. The molecule has 0 bridgehead atoms. The molecule has 0 aliphatic carbocycles. The number of rotatable bonds is 10. The molecule has 0 aliphatic heterocycles. The van der Waals surface area contributed by atoms with Crippen LogP contribution in [0.2, 0.25) is 0 Å². The second-order valence-electron chi connectivity index (χ2n) is 22.3. The third-order valence-electron chi connectivity index (χ3n) is 17.4. The molecule has 0 saturated heterocycles. The van der Waals surface area contributed by atoms with E-state index in [1.165, 1.54) is 11.1 Å². The first kappa shape index (κ1) is 49.2. The second-order valence-corrected chi connectivity index (χ2v) is 22.3. The Morgan fingerprint density at radius 2 is 0.500 bits per heavy atom. The minimum atomic E-state index is 0.840. The predicted molar refractivity (Wildman–Crippen MR) is 362 cm³/mol. The van der Waals surface area contributed by atoms with Crippen LogP contribution in [0, 0.1) is 0 Å². The summed E-state index contributed by atoms with van der Waals surface area (Å²) in [6.45, 7) is 0. The maximum atomic E-state index is 6.64. The summed E-state index contributed by atoms with van der Waals surface area (Å²) in [7, 11) is 0. The van der Waals surface area contributed by atoms with Crippen LogP contribution in [-0.4, -0.2) is 0 Å². The summed E-state index contributed by atoms with van der Waals surface area (Å²) < 4.78 is 13.3. The van der Waals surface area contributed by atoms with Crippen LogP contribution in [0.3, 0.4) is 0 Å². The predicted octanol–water partition coefficient (Wildman–Crippen LogP) is 23.7. The molecule has 0 unspecified atom stereocenters. The van der Waals surface area contributed by atoms with Gasteiger partial charge in [-0.3, -0.25) is 0 Å². The highest BCUT2D eigenvalue weighted by atomic mass is 16.3. The summed E-state index contributed by atoms with van der Waals surface area (Å²) in [5, 5.41) is 13.6. The third-order valence-corrected chi connectivity index (χ3v) is 17.4. The van der Waals surface area contributed by atoms with Gasteiger partial charge in [-0.1, -0.05) is 231 Å². The number of benzene rings is 15. The number of para-hydroxylation sites is 2. The first-order valence-corrected chi connectivity index (χ1v) is 29.4. The SMILES string of the molecule is c1ccc(-c2ccc(-c3c4ccc(N(c5ccc6c(c5)oc5ccccc56)c5cccc6ccccc56)cc4c(-c4ccc(-c5ccccc5)cc4)c4ccc(N(c5ccc6c(c5)oc5ccccc56)c5cccc6ccccc56)cc34)cc2)cc1. The Hall–Kier alpha value is -11.5. The van der Waals surface area contributed by atoms with Crippen molar-refractivity contribution < 1.29 is 8.83 Å². The third kappa shape index (κ3) is 8.22. The van der Waals surface area contributed by atoms with Crippen molar-refractivity contribution in [3.63, 3.8) is 0 Å². The van der Waals surface area contributed by atoms with E-state index in [0.717, 1.165) is 154 Å². The Kier molecular flexibility index (Phi) is 11.5. The molecular formula is C82H52N2O2. The van der Waals surface area contributed by atoms with E-state index in [-0.39, 0.29) is 0 Å². The molecule has 4 heteroatoms. The average molecular weight is 1100 g/mol. The Bertz CT molecular complexity index is 5120. The zero-order valence-corrected chi connectivity index (χ0v) is 46.7. The van der Waals surface area contributed by atoms with Gasteiger partial charge in [0.2, 0.25) is 0 Å². The van der Waals surface area contributed by atoms with Gasteiger partial charge in [-0.15, -0.1) is 0 Å². The summed E-state index contributed by atoms with van der Waals surface area (Å²) in [4.78, 5) is 4.83. The number of hydrogen-bond donors (Lipinski definition) is 0. The molecule has 0 aliphatic rings. The van der Waals surface area contributed by atoms with Crippen molar-refractivity contribution in [1.29, 1.82) is 0 Å². The molecule has 0 atom stereocenters. The van der Waals surface area contributed by atoms with Gasteiger partial charge >= 0.3 is 0 Å². The van der Waals surface area contributed by atoms with Crippen molar-refractivity contribution in [2.75, 3.05) is 9.80 Å². The van der Waals surface area contributed by atoms with Gasteiger partial charge in [0.05, 0.1) is 11.4 Å². The molecule has 402 valence electrons. The van der Waals surface area contributed by atoms with Gasteiger partial charge in [-0.05, 0) is 150 Å². The fraction of sp³-hybridized carbons (Fsp3) is 0. The van der Waals surface area contributed by atoms with Crippen LogP contribution in [0.4, 0.5) is 34.1 Å². The first-order valence-electron chi connectivity index (χ1n) is 29.4. The number of hydrogen-bond acceptors (Lipinski definition) is 4. The van der Waals surface area contributed by atoms with Crippen LogP contribution in [0.15, 0.2) is 324 Å². The van der Waals surface area contributed by atoms with Crippen LogP contribution in [0.25, 0.3) is 131 Å². The fourth-order valence-electron chi connectivity index (χ4n) is 13.4. The van der Waals surface area contributed by atoms with Gasteiger partial charge in [0, 0.05) is 67.2 Å². The normalized spacial score (nSPS) is 11.7. The van der Waals surface area contributed by atoms with Gasteiger partial charge in [-0.25, -0.2) is 0 Å². The molecule has 17 aromatic rings. The highest BCUT2D eigenvalue weighted by Gasteiger charge is 2.25. The summed E-state index contributed by atoms with van der Waals surface area (Å²) in [6, 6.07) is 114. The topological polar surface area (TPSA) is 32.8 Å². The van der Waals surface area contributed by atoms with E-state index in [0.29, 0.717) is 0 Å². The molecule has 2 heterocycles. The molecule has 4 nitrogen and oxygen atoms in total. The van der Waals surface area contributed by atoms with Crippen LogP contribution >= 0.6 is 0 Å².